The molecular weight excluding hydrogens is 270 g/mol. The summed E-state index contributed by atoms with van der Waals surface area (Å²) in [5.74, 6) is -1.38. The number of aliphatic hydroxyl groups is 1. The number of rotatable bonds is 5. The highest BCUT2D eigenvalue weighted by Crippen LogP contribution is 2.14. The maximum Gasteiger partial charge on any atom is 0.337 e. The van der Waals surface area contributed by atoms with Gasteiger partial charge in [0.2, 0.25) is 0 Å². The van der Waals surface area contributed by atoms with Gasteiger partial charge in [-0.05, 0) is 13.8 Å². The van der Waals surface area contributed by atoms with Gasteiger partial charge in [-0.25, -0.2) is 14.6 Å². The molecule has 0 bridgehead atoms. The minimum atomic E-state index is -1.98. The van der Waals surface area contributed by atoms with Gasteiger partial charge in [0.1, 0.15) is 0 Å². The first-order valence-corrected chi connectivity index (χ1v) is 6.45. The standard InChI is InChI=1S/C11H17N3O4S/c1-7-8(19-6-13-7)4-14(3)10(17)12-5-11(2,18)9(15)16/h6,18H,4-5H2,1-3H3,(H,12,17)(H,15,16). The second kappa shape index (κ2) is 5.98. The number of aromatic nitrogens is 1. The minimum absolute atomic E-state index is 0.354. The highest BCUT2D eigenvalue weighted by atomic mass is 32.1. The lowest BCUT2D eigenvalue weighted by atomic mass is 10.1. The van der Waals surface area contributed by atoms with Gasteiger partial charge in [0, 0.05) is 11.9 Å². The Morgan fingerprint density at radius 3 is 2.68 bits per heavy atom. The van der Waals surface area contributed by atoms with E-state index >= 15 is 0 Å². The SMILES string of the molecule is Cc1ncsc1CN(C)C(=O)NCC(C)(O)C(=O)O. The number of nitrogens with one attached hydrogen (secondary N) is 1. The van der Waals surface area contributed by atoms with Gasteiger partial charge < -0.3 is 20.4 Å². The van der Waals surface area contributed by atoms with Crippen molar-refractivity contribution in [1.29, 1.82) is 0 Å². The Hall–Kier alpha value is -1.67. The molecule has 0 aliphatic carbocycles. The van der Waals surface area contributed by atoms with E-state index in [0.29, 0.717) is 6.54 Å². The van der Waals surface area contributed by atoms with Gasteiger partial charge in [-0.1, -0.05) is 0 Å². The molecule has 0 aliphatic rings. The van der Waals surface area contributed by atoms with Gasteiger partial charge in [-0.2, -0.15) is 0 Å². The van der Waals surface area contributed by atoms with Crippen molar-refractivity contribution in [3.05, 3.63) is 16.1 Å². The number of carboxylic acids is 1. The fourth-order valence-corrected chi connectivity index (χ4v) is 2.05. The predicted molar refractivity (Wildman–Crippen MR) is 70.0 cm³/mol. The summed E-state index contributed by atoms with van der Waals surface area (Å²) in [6.07, 6.45) is 0. The fraction of sp³-hybridized carbons (Fsp3) is 0.545. The Kier molecular flexibility index (Phi) is 4.84. The number of aliphatic carboxylic acids is 1. The van der Waals surface area contributed by atoms with Crippen LogP contribution in [-0.4, -0.2) is 51.3 Å². The summed E-state index contributed by atoms with van der Waals surface area (Å²) in [4.78, 5) is 28.9. The van der Waals surface area contributed by atoms with Crippen LogP contribution in [0.4, 0.5) is 4.79 Å². The molecule has 1 heterocycles. The number of carbonyl (C=O) groups is 2. The molecule has 1 aromatic rings. The molecule has 0 aliphatic heterocycles. The number of hydrogen-bond acceptors (Lipinski definition) is 5. The molecule has 2 amide bonds. The fourth-order valence-electron chi connectivity index (χ4n) is 1.22. The molecule has 1 unspecified atom stereocenters. The Morgan fingerprint density at radius 1 is 1.58 bits per heavy atom. The lowest BCUT2D eigenvalue weighted by Crippen LogP contribution is -2.49. The number of thiazole rings is 1. The predicted octanol–water partition coefficient (Wildman–Crippen LogP) is 0.429. The Morgan fingerprint density at radius 2 is 2.21 bits per heavy atom. The van der Waals surface area contributed by atoms with Crippen molar-refractivity contribution in [1.82, 2.24) is 15.2 Å². The Bertz CT molecular complexity index is 472. The smallest absolute Gasteiger partial charge is 0.337 e. The van der Waals surface area contributed by atoms with Crippen LogP contribution in [0, 0.1) is 6.92 Å². The summed E-state index contributed by atoms with van der Waals surface area (Å²) < 4.78 is 0. The molecule has 0 saturated carbocycles. The zero-order valence-electron chi connectivity index (χ0n) is 11.0. The second-order valence-electron chi connectivity index (χ2n) is 4.45. The highest BCUT2D eigenvalue weighted by molar-refractivity contribution is 7.09. The molecule has 0 saturated heterocycles. The topological polar surface area (TPSA) is 103 Å². The normalized spacial score (nSPS) is 13.7. The number of aryl methyl sites for hydroxylation is 1. The first kappa shape index (κ1) is 15.4. The van der Waals surface area contributed by atoms with E-state index in [4.69, 9.17) is 5.11 Å². The molecule has 106 valence electrons. The first-order valence-electron chi connectivity index (χ1n) is 5.57. The highest BCUT2D eigenvalue weighted by Gasteiger charge is 2.30. The summed E-state index contributed by atoms with van der Waals surface area (Å²) >= 11 is 1.45. The average molecular weight is 287 g/mol. The van der Waals surface area contributed by atoms with Crippen molar-refractivity contribution in [3.8, 4) is 0 Å². The third-order valence-corrected chi connectivity index (χ3v) is 3.54. The van der Waals surface area contributed by atoms with Gasteiger partial charge in [-0.3, -0.25) is 0 Å². The summed E-state index contributed by atoms with van der Waals surface area (Å²) in [5.41, 5.74) is 0.588. The van der Waals surface area contributed by atoms with Gasteiger partial charge in [0.05, 0.1) is 24.3 Å². The molecule has 1 aromatic heterocycles. The van der Waals surface area contributed by atoms with E-state index in [1.807, 2.05) is 6.92 Å². The molecule has 3 N–H and O–H groups in total. The third-order valence-electron chi connectivity index (χ3n) is 2.62. The van der Waals surface area contributed by atoms with Crippen LogP contribution in [0.25, 0.3) is 0 Å². The summed E-state index contributed by atoms with van der Waals surface area (Å²) in [6, 6.07) is -0.450. The lowest BCUT2D eigenvalue weighted by Gasteiger charge is -2.22. The molecule has 0 radical (unpaired) electrons. The van der Waals surface area contributed by atoms with Crippen LogP contribution < -0.4 is 5.32 Å². The summed E-state index contributed by atoms with van der Waals surface area (Å²) in [7, 11) is 1.59. The number of amides is 2. The van der Waals surface area contributed by atoms with Crippen molar-refractivity contribution in [2.75, 3.05) is 13.6 Å². The molecule has 7 nitrogen and oxygen atoms in total. The number of carbonyl (C=O) groups excluding carboxylic acids is 1. The van der Waals surface area contributed by atoms with Crippen molar-refractivity contribution >= 4 is 23.3 Å². The number of nitrogens with zero attached hydrogens (tertiary/aromatic N) is 2. The van der Waals surface area contributed by atoms with E-state index in [1.54, 1.807) is 12.6 Å². The monoisotopic (exact) mass is 287 g/mol. The van der Waals surface area contributed by atoms with Crippen LogP contribution in [0.3, 0.4) is 0 Å². The maximum absolute atomic E-state index is 11.7. The number of urea groups is 1. The minimum Gasteiger partial charge on any atom is -0.479 e. The molecule has 1 atom stereocenters. The molecule has 19 heavy (non-hydrogen) atoms. The summed E-state index contributed by atoms with van der Waals surface area (Å²) in [6.45, 7) is 3.01. The van der Waals surface area contributed by atoms with E-state index in [-0.39, 0.29) is 6.54 Å². The molecule has 0 fully saturated rings. The zero-order chi connectivity index (χ0) is 14.6. The van der Waals surface area contributed by atoms with Crippen molar-refractivity contribution in [3.63, 3.8) is 0 Å². The van der Waals surface area contributed by atoms with Crippen LogP contribution >= 0.6 is 11.3 Å². The number of carboxylic acid groups (broad SMARTS) is 1. The van der Waals surface area contributed by atoms with Gasteiger partial charge in [0.15, 0.2) is 5.60 Å². The van der Waals surface area contributed by atoms with Crippen LogP contribution in [0.15, 0.2) is 5.51 Å². The molecule has 1 rings (SSSR count). The van der Waals surface area contributed by atoms with E-state index < -0.39 is 17.6 Å². The average Bonchev–Trinajstić information content (AvgIpc) is 2.71. The van der Waals surface area contributed by atoms with Crippen molar-refractivity contribution in [2.45, 2.75) is 26.0 Å². The molecular formula is C11H17N3O4S. The van der Waals surface area contributed by atoms with Crippen LogP contribution in [0.1, 0.15) is 17.5 Å². The van der Waals surface area contributed by atoms with E-state index in [0.717, 1.165) is 17.5 Å². The van der Waals surface area contributed by atoms with E-state index in [1.165, 1.54) is 16.2 Å². The lowest BCUT2D eigenvalue weighted by molar-refractivity contribution is -0.155. The van der Waals surface area contributed by atoms with E-state index in [2.05, 4.69) is 10.3 Å². The largest absolute Gasteiger partial charge is 0.479 e. The van der Waals surface area contributed by atoms with Gasteiger partial charge in [-0.15, -0.1) is 11.3 Å². The maximum atomic E-state index is 11.7. The Balaban J connectivity index is 2.50. The first-order chi connectivity index (χ1) is 8.74. The Labute approximate surface area is 114 Å². The summed E-state index contributed by atoms with van der Waals surface area (Å²) in [5, 5.41) is 20.6. The molecule has 8 heteroatoms. The van der Waals surface area contributed by atoms with Crippen LogP contribution in [-0.2, 0) is 11.3 Å². The third kappa shape index (κ3) is 4.18. The van der Waals surface area contributed by atoms with Gasteiger partial charge >= 0.3 is 12.0 Å². The molecule has 0 aromatic carbocycles. The zero-order valence-corrected chi connectivity index (χ0v) is 11.8. The second-order valence-corrected chi connectivity index (χ2v) is 5.39. The van der Waals surface area contributed by atoms with E-state index in [9.17, 15) is 14.7 Å². The number of hydrogen-bond donors (Lipinski definition) is 3. The van der Waals surface area contributed by atoms with Crippen LogP contribution in [0.2, 0.25) is 0 Å². The van der Waals surface area contributed by atoms with Crippen molar-refractivity contribution < 1.29 is 19.8 Å². The quantitative estimate of drug-likeness (QED) is 0.728. The van der Waals surface area contributed by atoms with Gasteiger partial charge in [0.25, 0.3) is 0 Å². The van der Waals surface area contributed by atoms with Crippen molar-refractivity contribution in [2.24, 2.45) is 0 Å². The van der Waals surface area contributed by atoms with Crippen LogP contribution in [0.5, 0.6) is 0 Å². The molecule has 0 spiro atoms.